The summed E-state index contributed by atoms with van der Waals surface area (Å²) in [5, 5.41) is 10.7. The minimum atomic E-state index is -0.761. The van der Waals surface area contributed by atoms with Crippen molar-refractivity contribution < 1.29 is 14.7 Å². The number of nitrogens with zero attached hydrogens (tertiary/aromatic N) is 2. The van der Waals surface area contributed by atoms with Crippen LogP contribution in [0.25, 0.3) is 0 Å². The normalized spacial score (nSPS) is 16.2. The van der Waals surface area contributed by atoms with Crippen molar-refractivity contribution >= 4 is 17.4 Å². The second-order valence-corrected chi connectivity index (χ2v) is 7.29. The fraction of sp³-hybridized carbons (Fsp3) is 0.160. The molecule has 5 heteroatoms. The van der Waals surface area contributed by atoms with Crippen LogP contribution >= 0.6 is 0 Å². The van der Waals surface area contributed by atoms with Crippen LogP contribution in [0.3, 0.4) is 0 Å². The third-order valence-corrected chi connectivity index (χ3v) is 5.34. The van der Waals surface area contributed by atoms with Crippen LogP contribution < -0.4 is 4.90 Å². The van der Waals surface area contributed by atoms with Crippen molar-refractivity contribution in [3.63, 3.8) is 0 Å². The summed E-state index contributed by atoms with van der Waals surface area (Å²) in [6.45, 7) is 1.89. The Morgan fingerprint density at radius 2 is 1.70 bits per heavy atom. The first-order valence-electron chi connectivity index (χ1n) is 9.88. The van der Waals surface area contributed by atoms with E-state index in [0.717, 1.165) is 11.1 Å². The van der Waals surface area contributed by atoms with Crippen LogP contribution in [0, 0.1) is 6.92 Å². The fourth-order valence-electron chi connectivity index (χ4n) is 3.83. The first kappa shape index (κ1) is 19.6. The Morgan fingerprint density at radius 3 is 2.40 bits per heavy atom. The molecular weight excluding hydrogens is 376 g/mol. The highest BCUT2D eigenvalue weighted by Gasteiger charge is 2.45. The Hall–Kier alpha value is -3.73. The van der Waals surface area contributed by atoms with Crippen LogP contribution in [-0.4, -0.2) is 21.8 Å². The van der Waals surface area contributed by atoms with Crippen molar-refractivity contribution in [3.8, 4) is 0 Å². The highest BCUT2D eigenvalue weighted by atomic mass is 16.3. The van der Waals surface area contributed by atoms with Gasteiger partial charge in [-0.05, 0) is 42.7 Å². The van der Waals surface area contributed by atoms with Gasteiger partial charge in [-0.2, -0.15) is 0 Å². The lowest BCUT2D eigenvalue weighted by Crippen LogP contribution is -2.32. The molecule has 2 heterocycles. The van der Waals surface area contributed by atoms with Gasteiger partial charge in [0.25, 0.3) is 5.91 Å². The number of ketones is 1. The van der Waals surface area contributed by atoms with Gasteiger partial charge in [0.05, 0.1) is 11.3 Å². The Morgan fingerprint density at radius 1 is 1.00 bits per heavy atom. The lowest BCUT2D eigenvalue weighted by atomic mass is 9.95. The van der Waals surface area contributed by atoms with Gasteiger partial charge in [-0.3, -0.25) is 19.5 Å². The molecule has 0 aliphatic carbocycles. The predicted octanol–water partition coefficient (Wildman–Crippen LogP) is 4.49. The molecule has 0 saturated carbocycles. The van der Waals surface area contributed by atoms with Crippen LogP contribution in [0.4, 0.5) is 5.69 Å². The molecule has 5 nitrogen and oxygen atoms in total. The summed E-state index contributed by atoms with van der Waals surface area (Å²) in [5.41, 5.74) is 3.20. The average Bonchev–Trinajstić information content (AvgIpc) is 3.04. The summed E-state index contributed by atoms with van der Waals surface area (Å²) in [4.78, 5) is 32.1. The number of aromatic nitrogens is 1. The van der Waals surface area contributed by atoms with Gasteiger partial charge in [-0.25, -0.2) is 0 Å². The molecule has 1 atom stereocenters. The first-order valence-corrected chi connectivity index (χ1v) is 9.88. The number of pyridine rings is 1. The van der Waals surface area contributed by atoms with Crippen molar-refractivity contribution in [2.45, 2.75) is 25.8 Å². The predicted molar refractivity (Wildman–Crippen MR) is 115 cm³/mol. The van der Waals surface area contributed by atoms with E-state index in [1.165, 1.54) is 4.90 Å². The van der Waals surface area contributed by atoms with Crippen molar-refractivity contribution in [1.29, 1.82) is 0 Å². The van der Waals surface area contributed by atoms with Crippen LogP contribution in [-0.2, 0) is 16.0 Å². The number of anilines is 1. The number of amides is 1. The largest absolute Gasteiger partial charge is 0.503 e. The molecule has 30 heavy (non-hydrogen) atoms. The number of aliphatic hydroxyl groups is 1. The number of aryl methyl sites for hydroxylation is 2. The molecule has 1 aromatic heterocycles. The number of hydrogen-bond donors (Lipinski definition) is 1. The van der Waals surface area contributed by atoms with Gasteiger partial charge >= 0.3 is 0 Å². The topological polar surface area (TPSA) is 70.5 Å². The van der Waals surface area contributed by atoms with E-state index in [1.54, 1.807) is 18.3 Å². The third-order valence-electron chi connectivity index (χ3n) is 5.34. The van der Waals surface area contributed by atoms with Crippen molar-refractivity contribution in [1.82, 2.24) is 4.98 Å². The van der Waals surface area contributed by atoms with E-state index < -0.39 is 17.7 Å². The first-order chi connectivity index (χ1) is 14.6. The number of para-hydroxylation sites is 1. The Bertz CT molecular complexity index is 1110. The molecule has 0 spiro atoms. The van der Waals surface area contributed by atoms with Gasteiger partial charge in [0.2, 0.25) is 0 Å². The minimum absolute atomic E-state index is 0.109. The maximum absolute atomic E-state index is 13.2. The molecule has 1 aliphatic rings. The summed E-state index contributed by atoms with van der Waals surface area (Å²) < 4.78 is 0. The number of Topliss-reactive ketones (excluding diaryl/α,β-unsaturated/α-hetero) is 1. The summed E-state index contributed by atoms with van der Waals surface area (Å²) in [6.07, 6.45) is 2.35. The molecule has 0 fully saturated rings. The summed E-state index contributed by atoms with van der Waals surface area (Å²) in [7, 11) is 0. The average molecular weight is 398 g/mol. The summed E-state index contributed by atoms with van der Waals surface area (Å²) >= 11 is 0. The Kier molecular flexibility index (Phi) is 5.44. The molecule has 150 valence electrons. The summed E-state index contributed by atoms with van der Waals surface area (Å²) in [5.74, 6) is -1.33. The maximum atomic E-state index is 13.2. The van der Waals surface area contributed by atoms with E-state index in [0.29, 0.717) is 17.8 Å². The second kappa shape index (κ2) is 8.33. The zero-order valence-corrected chi connectivity index (χ0v) is 16.7. The van der Waals surface area contributed by atoms with Crippen LogP contribution in [0.1, 0.15) is 29.3 Å². The molecule has 2 aromatic carbocycles. The SMILES string of the molecule is Cc1ccccc1N1C(=O)C(O)=C(C(=O)CCc2ccccc2)C1c1ccccn1. The van der Waals surface area contributed by atoms with Crippen LogP contribution in [0.15, 0.2) is 90.3 Å². The van der Waals surface area contributed by atoms with Crippen molar-refractivity contribution in [3.05, 3.63) is 107 Å². The molecule has 0 bridgehead atoms. The summed E-state index contributed by atoms with van der Waals surface area (Å²) in [6, 6.07) is 21.7. The van der Waals surface area contributed by atoms with Gasteiger partial charge in [0.15, 0.2) is 11.5 Å². The molecule has 0 saturated heterocycles. The molecule has 1 amide bonds. The van der Waals surface area contributed by atoms with Crippen molar-refractivity contribution in [2.75, 3.05) is 4.90 Å². The molecular formula is C25H22N2O3. The molecule has 1 N–H and O–H groups in total. The monoisotopic (exact) mass is 398 g/mol. The molecule has 4 rings (SSSR count). The van der Waals surface area contributed by atoms with Gasteiger partial charge in [-0.15, -0.1) is 0 Å². The van der Waals surface area contributed by atoms with E-state index >= 15 is 0 Å². The Balaban J connectivity index is 1.73. The number of rotatable bonds is 6. The number of carbonyl (C=O) groups excluding carboxylic acids is 2. The fourth-order valence-corrected chi connectivity index (χ4v) is 3.83. The van der Waals surface area contributed by atoms with E-state index in [4.69, 9.17) is 0 Å². The second-order valence-electron chi connectivity index (χ2n) is 7.29. The number of carbonyl (C=O) groups is 2. The van der Waals surface area contributed by atoms with E-state index in [9.17, 15) is 14.7 Å². The van der Waals surface area contributed by atoms with Gasteiger partial charge < -0.3 is 5.11 Å². The zero-order chi connectivity index (χ0) is 21.1. The maximum Gasteiger partial charge on any atom is 0.294 e. The van der Waals surface area contributed by atoms with Gasteiger partial charge in [0, 0.05) is 18.3 Å². The number of hydrogen-bond acceptors (Lipinski definition) is 4. The lowest BCUT2D eigenvalue weighted by Gasteiger charge is -2.27. The van der Waals surface area contributed by atoms with Gasteiger partial charge in [0.1, 0.15) is 6.04 Å². The molecule has 3 aromatic rings. The number of benzene rings is 2. The minimum Gasteiger partial charge on any atom is -0.503 e. The number of aliphatic hydroxyl groups excluding tert-OH is 1. The molecule has 0 radical (unpaired) electrons. The van der Waals surface area contributed by atoms with E-state index in [2.05, 4.69) is 4.98 Å². The van der Waals surface area contributed by atoms with Crippen LogP contribution in [0.2, 0.25) is 0 Å². The van der Waals surface area contributed by atoms with E-state index in [-0.39, 0.29) is 17.8 Å². The smallest absolute Gasteiger partial charge is 0.294 e. The quantitative estimate of drug-likeness (QED) is 0.664. The van der Waals surface area contributed by atoms with Gasteiger partial charge in [-0.1, -0.05) is 54.6 Å². The molecule has 1 unspecified atom stereocenters. The van der Waals surface area contributed by atoms with E-state index in [1.807, 2.05) is 67.6 Å². The lowest BCUT2D eigenvalue weighted by molar-refractivity contribution is -0.118. The third kappa shape index (κ3) is 3.62. The van der Waals surface area contributed by atoms with Crippen LogP contribution in [0.5, 0.6) is 0 Å². The highest BCUT2D eigenvalue weighted by molar-refractivity contribution is 6.16. The standard InChI is InChI=1S/C25H22N2O3/c1-17-9-5-6-13-20(17)27-23(19-12-7-8-16-26-19)22(24(29)25(27)30)21(28)15-14-18-10-3-2-4-11-18/h2-13,16,23,29H,14-15H2,1H3. The highest BCUT2D eigenvalue weighted by Crippen LogP contribution is 2.41. The van der Waals surface area contributed by atoms with Crippen molar-refractivity contribution in [2.24, 2.45) is 0 Å². The Labute approximate surface area is 175 Å². The zero-order valence-electron chi connectivity index (χ0n) is 16.7. The molecule has 1 aliphatic heterocycles.